The summed E-state index contributed by atoms with van der Waals surface area (Å²) in [5.41, 5.74) is 5.60. The molecule has 0 saturated heterocycles. The van der Waals surface area contributed by atoms with E-state index in [2.05, 4.69) is 10.0 Å². The third-order valence-electron chi connectivity index (χ3n) is 5.23. The molecule has 9 heteroatoms. The molecule has 2 rings (SSSR count). The summed E-state index contributed by atoms with van der Waals surface area (Å²) in [5.74, 6) is -0.534. The minimum atomic E-state index is -3.49. The average Bonchev–Trinajstić information content (AvgIpc) is 2.60. The molecule has 1 saturated carbocycles. The van der Waals surface area contributed by atoms with Crippen molar-refractivity contribution >= 4 is 28.3 Å². The van der Waals surface area contributed by atoms with E-state index in [1.807, 2.05) is 51.1 Å². The summed E-state index contributed by atoms with van der Waals surface area (Å²) in [6, 6.07) is 9.25. The predicted octanol–water partition coefficient (Wildman–Crippen LogP) is 1.18. The SMILES string of the molecule is CCOC1CC(N)(C(=O)NCCS(=O)(=O)NCc2ccccc2)C1(C)C.Cl. The van der Waals surface area contributed by atoms with Crippen LogP contribution in [0.25, 0.3) is 0 Å². The van der Waals surface area contributed by atoms with Crippen LogP contribution in [0.5, 0.6) is 0 Å². The number of hydrogen-bond donors (Lipinski definition) is 3. The predicted molar refractivity (Wildman–Crippen MR) is 108 cm³/mol. The number of rotatable bonds is 9. The van der Waals surface area contributed by atoms with Gasteiger partial charge in [-0.2, -0.15) is 0 Å². The maximum Gasteiger partial charge on any atom is 0.240 e. The van der Waals surface area contributed by atoms with Crippen molar-refractivity contribution in [3.05, 3.63) is 35.9 Å². The summed E-state index contributed by atoms with van der Waals surface area (Å²) in [4.78, 5) is 12.5. The quantitative estimate of drug-likeness (QED) is 0.556. The molecule has 1 aromatic carbocycles. The number of sulfonamides is 1. The fourth-order valence-electron chi connectivity index (χ4n) is 3.14. The molecule has 2 unspecified atom stereocenters. The van der Waals surface area contributed by atoms with Crippen molar-refractivity contribution in [1.29, 1.82) is 0 Å². The van der Waals surface area contributed by atoms with Crippen LogP contribution >= 0.6 is 12.4 Å². The molecule has 0 heterocycles. The molecule has 27 heavy (non-hydrogen) atoms. The van der Waals surface area contributed by atoms with Crippen LogP contribution in [-0.4, -0.2) is 44.9 Å². The molecule has 0 radical (unpaired) electrons. The number of halogens is 1. The smallest absolute Gasteiger partial charge is 0.240 e. The van der Waals surface area contributed by atoms with Crippen molar-refractivity contribution in [1.82, 2.24) is 10.0 Å². The van der Waals surface area contributed by atoms with Crippen LogP contribution in [0.4, 0.5) is 0 Å². The largest absolute Gasteiger partial charge is 0.378 e. The average molecular weight is 420 g/mol. The van der Waals surface area contributed by atoms with Crippen LogP contribution in [0.1, 0.15) is 32.8 Å². The van der Waals surface area contributed by atoms with Gasteiger partial charge in [0, 0.05) is 31.5 Å². The fraction of sp³-hybridized carbons (Fsp3) is 0.611. The van der Waals surface area contributed by atoms with Gasteiger partial charge in [-0.1, -0.05) is 44.2 Å². The van der Waals surface area contributed by atoms with Crippen molar-refractivity contribution in [2.24, 2.45) is 11.1 Å². The molecule has 1 aliphatic rings. The first-order valence-electron chi connectivity index (χ1n) is 8.82. The summed E-state index contributed by atoms with van der Waals surface area (Å²) in [6.45, 7) is 6.50. The highest BCUT2D eigenvalue weighted by atomic mass is 35.5. The van der Waals surface area contributed by atoms with Gasteiger partial charge in [-0.25, -0.2) is 13.1 Å². The number of hydrogen-bond acceptors (Lipinski definition) is 5. The molecule has 154 valence electrons. The van der Waals surface area contributed by atoms with Crippen LogP contribution in [0.3, 0.4) is 0 Å². The van der Waals surface area contributed by atoms with Crippen LogP contribution in [-0.2, 0) is 26.1 Å². The normalized spacial score (nSPS) is 23.8. The first kappa shape index (κ1) is 23.8. The van der Waals surface area contributed by atoms with Crippen LogP contribution in [0, 0.1) is 5.41 Å². The van der Waals surface area contributed by atoms with Crippen molar-refractivity contribution in [3.63, 3.8) is 0 Å². The minimum absolute atomic E-state index is 0. The van der Waals surface area contributed by atoms with Gasteiger partial charge in [0.2, 0.25) is 15.9 Å². The molecular formula is C18H30ClN3O4S. The molecule has 1 amide bonds. The fourth-order valence-corrected chi connectivity index (χ4v) is 4.04. The van der Waals surface area contributed by atoms with Crippen molar-refractivity contribution in [2.45, 2.75) is 45.4 Å². The molecule has 0 aromatic heterocycles. The zero-order chi connectivity index (χ0) is 19.4. The lowest BCUT2D eigenvalue weighted by atomic mass is 9.54. The highest BCUT2D eigenvalue weighted by molar-refractivity contribution is 7.89. The summed E-state index contributed by atoms with van der Waals surface area (Å²) in [6.07, 6.45) is 0.359. The van der Waals surface area contributed by atoms with Gasteiger partial charge >= 0.3 is 0 Å². The van der Waals surface area contributed by atoms with Gasteiger partial charge in [0.05, 0.1) is 11.9 Å². The topological polar surface area (TPSA) is 111 Å². The van der Waals surface area contributed by atoms with Crippen LogP contribution < -0.4 is 15.8 Å². The number of nitrogens with two attached hydrogens (primary N) is 1. The van der Waals surface area contributed by atoms with Gasteiger partial charge in [-0.3, -0.25) is 4.79 Å². The van der Waals surface area contributed by atoms with E-state index in [0.717, 1.165) is 5.56 Å². The van der Waals surface area contributed by atoms with Gasteiger partial charge in [0.25, 0.3) is 0 Å². The molecule has 1 fully saturated rings. The maximum absolute atomic E-state index is 12.5. The van der Waals surface area contributed by atoms with E-state index in [0.29, 0.717) is 13.0 Å². The Kier molecular flexibility index (Phi) is 8.25. The number of carbonyl (C=O) groups excluding carboxylic acids is 1. The molecule has 1 aliphatic carbocycles. The van der Waals surface area contributed by atoms with Gasteiger partial charge < -0.3 is 15.8 Å². The first-order chi connectivity index (χ1) is 12.1. The van der Waals surface area contributed by atoms with Crippen LogP contribution in [0.2, 0.25) is 0 Å². The second-order valence-electron chi connectivity index (χ2n) is 7.22. The zero-order valence-corrected chi connectivity index (χ0v) is 17.7. The maximum atomic E-state index is 12.5. The van der Waals surface area contributed by atoms with Gasteiger partial charge in [0.15, 0.2) is 0 Å². The standard InChI is InChI=1S/C18H29N3O4S.ClH/c1-4-25-15-12-18(19,17(15,2)3)16(22)20-10-11-26(23,24)21-13-14-8-6-5-7-9-14;/h5-9,15,21H,4,10-13,19H2,1-3H3,(H,20,22);1H. The minimum Gasteiger partial charge on any atom is -0.378 e. The van der Waals surface area contributed by atoms with Gasteiger partial charge in [-0.05, 0) is 12.5 Å². The third-order valence-corrected chi connectivity index (χ3v) is 6.56. The van der Waals surface area contributed by atoms with Crippen LogP contribution in [0.15, 0.2) is 30.3 Å². The van der Waals surface area contributed by atoms with Gasteiger partial charge in [0.1, 0.15) is 5.54 Å². The summed E-state index contributed by atoms with van der Waals surface area (Å²) >= 11 is 0. The number of carbonyl (C=O) groups is 1. The van der Waals surface area contributed by atoms with Gasteiger partial charge in [-0.15, -0.1) is 12.4 Å². The zero-order valence-electron chi connectivity index (χ0n) is 16.0. The highest BCUT2D eigenvalue weighted by Crippen LogP contribution is 2.49. The second kappa shape index (κ2) is 9.34. The molecular weight excluding hydrogens is 390 g/mol. The Bertz CT molecular complexity index is 727. The van der Waals surface area contributed by atoms with E-state index in [-0.39, 0.29) is 43.3 Å². The molecule has 0 spiro atoms. The Morgan fingerprint density at radius 1 is 1.30 bits per heavy atom. The number of benzene rings is 1. The van der Waals surface area contributed by atoms with E-state index in [9.17, 15) is 13.2 Å². The Balaban J connectivity index is 0.00000364. The van der Waals surface area contributed by atoms with E-state index in [1.54, 1.807) is 0 Å². The molecule has 0 bridgehead atoms. The lowest BCUT2D eigenvalue weighted by Crippen LogP contribution is -2.75. The number of nitrogens with one attached hydrogen (secondary N) is 2. The molecule has 4 N–H and O–H groups in total. The Labute approximate surface area is 167 Å². The first-order valence-corrected chi connectivity index (χ1v) is 10.5. The van der Waals surface area contributed by atoms with Crippen molar-refractivity contribution in [2.75, 3.05) is 18.9 Å². The van der Waals surface area contributed by atoms with Crippen molar-refractivity contribution in [3.8, 4) is 0 Å². The van der Waals surface area contributed by atoms with E-state index in [1.165, 1.54) is 0 Å². The molecule has 2 atom stereocenters. The second-order valence-corrected chi connectivity index (χ2v) is 9.15. The van der Waals surface area contributed by atoms with Crippen molar-refractivity contribution < 1.29 is 17.9 Å². The lowest BCUT2D eigenvalue weighted by molar-refractivity contribution is -0.170. The Hall–Kier alpha value is -1.19. The molecule has 0 aliphatic heterocycles. The number of amides is 1. The summed E-state index contributed by atoms with van der Waals surface area (Å²) in [5, 5.41) is 2.66. The molecule has 7 nitrogen and oxygen atoms in total. The van der Waals surface area contributed by atoms with E-state index in [4.69, 9.17) is 10.5 Å². The monoisotopic (exact) mass is 419 g/mol. The Morgan fingerprint density at radius 3 is 2.48 bits per heavy atom. The summed E-state index contributed by atoms with van der Waals surface area (Å²) < 4.78 is 32.3. The van der Waals surface area contributed by atoms with E-state index >= 15 is 0 Å². The highest BCUT2D eigenvalue weighted by Gasteiger charge is 2.62. The third kappa shape index (κ3) is 5.42. The molecule has 1 aromatic rings. The summed E-state index contributed by atoms with van der Waals surface area (Å²) in [7, 11) is -3.49. The van der Waals surface area contributed by atoms with E-state index < -0.39 is 21.0 Å². The Morgan fingerprint density at radius 2 is 1.93 bits per heavy atom. The lowest BCUT2D eigenvalue weighted by Gasteiger charge is -2.57. The number of ether oxygens (including phenoxy) is 1.